The van der Waals surface area contributed by atoms with Crippen molar-refractivity contribution in [1.82, 2.24) is 4.90 Å². The molecule has 4 heteroatoms. The van der Waals surface area contributed by atoms with E-state index in [1.54, 1.807) is 16.2 Å². The summed E-state index contributed by atoms with van der Waals surface area (Å²) in [5.41, 5.74) is 1.87. The van der Waals surface area contributed by atoms with Crippen LogP contribution in [-0.2, 0) is 6.54 Å². The highest BCUT2D eigenvalue weighted by atomic mass is 79.9. The number of thiophene rings is 1. The number of carbonyl (C=O) groups is 1. The predicted octanol–water partition coefficient (Wildman–Crippen LogP) is 3.78. The molecule has 0 saturated heterocycles. The Kier molecular flexibility index (Phi) is 3.97. The average Bonchev–Trinajstić information content (AvgIpc) is 2.75. The van der Waals surface area contributed by atoms with E-state index in [9.17, 15) is 4.79 Å². The van der Waals surface area contributed by atoms with Crippen molar-refractivity contribution in [2.24, 2.45) is 0 Å². The quantitative estimate of drug-likeness (QED) is 0.845. The largest absolute Gasteiger partial charge is 0.337 e. The van der Waals surface area contributed by atoms with Crippen LogP contribution in [0.1, 0.15) is 15.9 Å². The zero-order chi connectivity index (χ0) is 12.3. The number of hydrogen-bond acceptors (Lipinski definition) is 2. The van der Waals surface area contributed by atoms with Crippen molar-refractivity contribution in [1.29, 1.82) is 0 Å². The lowest BCUT2D eigenvalue weighted by Gasteiger charge is -2.16. The van der Waals surface area contributed by atoms with Crippen LogP contribution in [0, 0.1) is 0 Å². The minimum absolute atomic E-state index is 0.0490. The second-order valence-corrected chi connectivity index (χ2v) is 6.08. The standard InChI is InChI=1S/C13H12BrNOS/c1-15(8-10-7-12(14)17-9-10)13(16)11-5-3-2-4-6-11/h2-7,9H,8H2,1H3. The Morgan fingerprint density at radius 3 is 2.65 bits per heavy atom. The first-order valence-corrected chi connectivity index (χ1v) is 6.87. The highest BCUT2D eigenvalue weighted by Crippen LogP contribution is 2.21. The average molecular weight is 310 g/mol. The maximum atomic E-state index is 12.1. The molecule has 0 aliphatic heterocycles. The van der Waals surface area contributed by atoms with Crippen LogP contribution in [0.5, 0.6) is 0 Å². The molecular weight excluding hydrogens is 298 g/mol. The van der Waals surface area contributed by atoms with Gasteiger partial charge in [-0.25, -0.2) is 0 Å². The Morgan fingerprint density at radius 2 is 2.06 bits per heavy atom. The molecule has 0 atom stereocenters. The van der Waals surface area contributed by atoms with Crippen molar-refractivity contribution in [2.75, 3.05) is 7.05 Å². The van der Waals surface area contributed by atoms with E-state index >= 15 is 0 Å². The summed E-state index contributed by atoms with van der Waals surface area (Å²) >= 11 is 5.05. The molecule has 0 fully saturated rings. The Balaban J connectivity index is 2.06. The summed E-state index contributed by atoms with van der Waals surface area (Å²) in [7, 11) is 1.82. The van der Waals surface area contributed by atoms with Gasteiger partial charge in [-0.05, 0) is 45.1 Å². The molecule has 2 nitrogen and oxygen atoms in total. The molecule has 1 aromatic carbocycles. The maximum Gasteiger partial charge on any atom is 0.253 e. The number of carbonyl (C=O) groups excluding carboxylic acids is 1. The lowest BCUT2D eigenvalue weighted by Crippen LogP contribution is -2.25. The molecule has 0 radical (unpaired) electrons. The number of hydrogen-bond donors (Lipinski definition) is 0. The van der Waals surface area contributed by atoms with E-state index in [-0.39, 0.29) is 5.91 Å². The summed E-state index contributed by atoms with van der Waals surface area (Å²) in [6.45, 7) is 0.635. The summed E-state index contributed by atoms with van der Waals surface area (Å²) in [5, 5.41) is 2.05. The van der Waals surface area contributed by atoms with E-state index < -0.39 is 0 Å². The van der Waals surface area contributed by atoms with Gasteiger partial charge in [-0.15, -0.1) is 11.3 Å². The predicted molar refractivity (Wildman–Crippen MR) is 74.3 cm³/mol. The summed E-state index contributed by atoms with van der Waals surface area (Å²) in [6.07, 6.45) is 0. The Bertz CT molecular complexity index is 509. The van der Waals surface area contributed by atoms with Gasteiger partial charge in [0.15, 0.2) is 0 Å². The smallest absolute Gasteiger partial charge is 0.253 e. The molecular formula is C13H12BrNOS. The molecule has 0 bridgehead atoms. The lowest BCUT2D eigenvalue weighted by molar-refractivity contribution is 0.0785. The molecule has 1 heterocycles. The van der Waals surface area contributed by atoms with Gasteiger partial charge in [-0.3, -0.25) is 4.79 Å². The normalized spacial score (nSPS) is 10.2. The molecule has 0 saturated carbocycles. The first kappa shape index (κ1) is 12.3. The molecule has 2 rings (SSSR count). The molecule has 2 aromatic rings. The van der Waals surface area contributed by atoms with Crippen LogP contribution in [0.25, 0.3) is 0 Å². The molecule has 0 unspecified atom stereocenters. The second kappa shape index (κ2) is 5.47. The van der Waals surface area contributed by atoms with Crippen molar-refractivity contribution in [2.45, 2.75) is 6.54 Å². The first-order valence-electron chi connectivity index (χ1n) is 5.20. The van der Waals surface area contributed by atoms with Crippen molar-refractivity contribution >= 4 is 33.2 Å². The van der Waals surface area contributed by atoms with Gasteiger partial charge in [0.25, 0.3) is 5.91 Å². The van der Waals surface area contributed by atoms with Crippen LogP contribution in [0.15, 0.2) is 45.6 Å². The summed E-state index contributed by atoms with van der Waals surface area (Å²) in [6, 6.07) is 11.4. The molecule has 0 spiro atoms. The van der Waals surface area contributed by atoms with Crippen LogP contribution in [0.4, 0.5) is 0 Å². The fraction of sp³-hybridized carbons (Fsp3) is 0.154. The van der Waals surface area contributed by atoms with E-state index in [0.29, 0.717) is 6.54 Å². The van der Waals surface area contributed by atoms with Gasteiger partial charge < -0.3 is 4.90 Å². The SMILES string of the molecule is CN(Cc1csc(Br)c1)C(=O)c1ccccc1. The van der Waals surface area contributed by atoms with Crippen LogP contribution in [-0.4, -0.2) is 17.9 Å². The van der Waals surface area contributed by atoms with Gasteiger partial charge in [-0.2, -0.15) is 0 Å². The van der Waals surface area contributed by atoms with Crippen molar-refractivity contribution in [3.63, 3.8) is 0 Å². The van der Waals surface area contributed by atoms with Gasteiger partial charge >= 0.3 is 0 Å². The van der Waals surface area contributed by atoms with E-state index in [4.69, 9.17) is 0 Å². The number of nitrogens with zero attached hydrogens (tertiary/aromatic N) is 1. The van der Waals surface area contributed by atoms with Gasteiger partial charge in [-0.1, -0.05) is 18.2 Å². The lowest BCUT2D eigenvalue weighted by atomic mass is 10.2. The Morgan fingerprint density at radius 1 is 1.35 bits per heavy atom. The first-order chi connectivity index (χ1) is 8.16. The van der Waals surface area contributed by atoms with Gasteiger partial charge in [0.1, 0.15) is 0 Å². The molecule has 88 valence electrons. The molecule has 1 amide bonds. The fourth-order valence-electron chi connectivity index (χ4n) is 1.58. The monoisotopic (exact) mass is 309 g/mol. The van der Waals surface area contributed by atoms with Crippen LogP contribution < -0.4 is 0 Å². The minimum Gasteiger partial charge on any atom is -0.337 e. The van der Waals surface area contributed by atoms with Gasteiger partial charge in [0, 0.05) is 19.2 Å². The third-order valence-electron chi connectivity index (χ3n) is 2.41. The molecule has 0 aliphatic carbocycles. The van der Waals surface area contributed by atoms with Gasteiger partial charge in [0.2, 0.25) is 0 Å². The molecule has 0 N–H and O–H groups in total. The third kappa shape index (κ3) is 3.17. The van der Waals surface area contributed by atoms with Crippen LogP contribution >= 0.6 is 27.3 Å². The summed E-state index contributed by atoms with van der Waals surface area (Å²) in [5.74, 6) is 0.0490. The van der Waals surface area contributed by atoms with Gasteiger partial charge in [0.05, 0.1) is 3.79 Å². The number of amides is 1. The van der Waals surface area contributed by atoms with Crippen molar-refractivity contribution in [3.8, 4) is 0 Å². The minimum atomic E-state index is 0.0490. The van der Waals surface area contributed by atoms with E-state index in [2.05, 4.69) is 21.3 Å². The van der Waals surface area contributed by atoms with E-state index in [1.807, 2.05) is 43.4 Å². The van der Waals surface area contributed by atoms with Crippen molar-refractivity contribution in [3.05, 3.63) is 56.7 Å². The maximum absolute atomic E-state index is 12.1. The third-order valence-corrected chi connectivity index (χ3v) is 3.96. The second-order valence-electron chi connectivity index (χ2n) is 3.79. The number of benzene rings is 1. The Labute approximate surface area is 113 Å². The zero-order valence-corrected chi connectivity index (χ0v) is 11.8. The van der Waals surface area contributed by atoms with Crippen molar-refractivity contribution < 1.29 is 4.79 Å². The fourth-order valence-corrected chi connectivity index (χ4v) is 2.78. The highest BCUT2D eigenvalue weighted by molar-refractivity contribution is 9.11. The molecule has 1 aromatic heterocycles. The molecule has 17 heavy (non-hydrogen) atoms. The van der Waals surface area contributed by atoms with E-state index in [0.717, 1.165) is 14.9 Å². The highest BCUT2D eigenvalue weighted by Gasteiger charge is 2.11. The van der Waals surface area contributed by atoms with E-state index in [1.165, 1.54) is 0 Å². The summed E-state index contributed by atoms with van der Waals surface area (Å²) in [4.78, 5) is 13.8. The van der Waals surface area contributed by atoms with Crippen LogP contribution in [0.2, 0.25) is 0 Å². The van der Waals surface area contributed by atoms with Crippen LogP contribution in [0.3, 0.4) is 0 Å². The number of halogens is 1. The topological polar surface area (TPSA) is 20.3 Å². The molecule has 0 aliphatic rings. The zero-order valence-electron chi connectivity index (χ0n) is 9.39. The number of rotatable bonds is 3. The summed E-state index contributed by atoms with van der Waals surface area (Å²) < 4.78 is 1.09. The Hall–Kier alpha value is -1.13.